The molecule has 16 nitrogen and oxygen atoms in total. The van der Waals surface area contributed by atoms with Crippen LogP contribution in [-0.2, 0) is 47.7 Å². The molecule has 0 aliphatic heterocycles. The molecule has 0 saturated carbocycles. The fourth-order valence-electron chi connectivity index (χ4n) is 4.28. The van der Waals surface area contributed by atoms with E-state index in [1.54, 1.807) is 0 Å². The number of carbonyl (C=O) groups excluding carboxylic acids is 5. The lowest BCUT2D eigenvalue weighted by Crippen LogP contribution is -2.50. The van der Waals surface area contributed by atoms with Crippen molar-refractivity contribution in [1.29, 1.82) is 0 Å². The first kappa shape index (κ1) is 45.8. The maximum atomic E-state index is 12.8. The van der Waals surface area contributed by atoms with Gasteiger partial charge >= 0.3 is 5.97 Å². The average Bonchev–Trinajstić information content (AvgIpc) is 2.99. The van der Waals surface area contributed by atoms with E-state index in [0.717, 1.165) is 12.8 Å². The molecule has 0 fully saturated rings. The molecular formula is C33H61N5O11. The zero-order valence-corrected chi connectivity index (χ0v) is 30.5. The second kappa shape index (κ2) is 25.7. The van der Waals surface area contributed by atoms with Crippen LogP contribution in [0.1, 0.15) is 80.6 Å². The Hall–Kier alpha value is -3.18. The maximum Gasteiger partial charge on any atom is 0.326 e. The molecule has 0 saturated heterocycles. The quantitative estimate of drug-likeness (QED) is 0.0607. The Balaban J connectivity index is 3.71. The molecule has 0 aliphatic rings. The number of carboxylic acids is 1. The Kier molecular flexibility index (Phi) is 24.1. The Morgan fingerprint density at radius 3 is 1.57 bits per heavy atom. The van der Waals surface area contributed by atoms with Crippen LogP contribution in [0.25, 0.3) is 0 Å². The summed E-state index contributed by atoms with van der Waals surface area (Å²) in [6.45, 7) is 15.2. The number of carboxylic acid groups (broad SMARTS) is 1. The van der Waals surface area contributed by atoms with E-state index in [-0.39, 0.29) is 114 Å². The molecule has 0 heterocycles. The summed E-state index contributed by atoms with van der Waals surface area (Å²) in [6, 6.07) is -1.35. The van der Waals surface area contributed by atoms with Crippen LogP contribution < -0.4 is 26.6 Å². The van der Waals surface area contributed by atoms with Crippen molar-refractivity contribution in [2.75, 3.05) is 72.5 Å². The number of rotatable bonds is 28. The second-order valence-electron chi connectivity index (χ2n) is 13.6. The molecule has 49 heavy (non-hydrogen) atoms. The molecule has 284 valence electrons. The van der Waals surface area contributed by atoms with E-state index >= 15 is 0 Å². The first-order chi connectivity index (χ1) is 22.9. The summed E-state index contributed by atoms with van der Waals surface area (Å²) >= 11 is 0. The van der Waals surface area contributed by atoms with Crippen LogP contribution in [0.15, 0.2) is 0 Å². The first-order valence-electron chi connectivity index (χ1n) is 16.9. The second-order valence-corrected chi connectivity index (χ2v) is 13.6. The van der Waals surface area contributed by atoms with Gasteiger partial charge in [-0.05, 0) is 46.5 Å². The molecule has 0 radical (unpaired) electrons. The molecule has 0 rings (SSSR count). The van der Waals surface area contributed by atoms with Crippen molar-refractivity contribution in [3.05, 3.63) is 0 Å². The SMILES string of the molecule is CC(=O)N[C@@H](CCC(=O)NCCOCCOCC(=O)NCCOCCOCC(=O)NCCCC[C@H](NC(C)(C)C)C(=O)C(C)(C)C)C(=O)O. The highest BCUT2D eigenvalue weighted by Gasteiger charge is 2.31. The van der Waals surface area contributed by atoms with E-state index in [4.69, 9.17) is 24.1 Å². The van der Waals surface area contributed by atoms with Crippen molar-refractivity contribution in [3.8, 4) is 0 Å². The van der Waals surface area contributed by atoms with Gasteiger partial charge in [0.15, 0.2) is 5.78 Å². The summed E-state index contributed by atoms with van der Waals surface area (Å²) in [5.41, 5.74) is -0.599. The van der Waals surface area contributed by atoms with E-state index in [1.807, 2.05) is 41.5 Å². The predicted molar refractivity (Wildman–Crippen MR) is 182 cm³/mol. The summed E-state index contributed by atoms with van der Waals surface area (Å²) in [5, 5.41) is 22.8. The number of ketones is 1. The van der Waals surface area contributed by atoms with Crippen molar-refractivity contribution in [1.82, 2.24) is 26.6 Å². The van der Waals surface area contributed by atoms with Crippen LogP contribution in [0.5, 0.6) is 0 Å². The van der Waals surface area contributed by atoms with Gasteiger partial charge in [0.1, 0.15) is 19.3 Å². The van der Waals surface area contributed by atoms with Gasteiger partial charge in [-0.2, -0.15) is 0 Å². The number of Topliss-reactive ketones (excluding diaryl/α,β-unsaturated/α-hetero) is 1. The molecule has 0 aromatic rings. The molecule has 0 bridgehead atoms. The number of ether oxygens (including phenoxy) is 4. The van der Waals surface area contributed by atoms with E-state index in [9.17, 15) is 28.8 Å². The molecule has 2 atom stereocenters. The Morgan fingerprint density at radius 1 is 0.612 bits per heavy atom. The van der Waals surface area contributed by atoms with Crippen LogP contribution in [0.2, 0.25) is 0 Å². The van der Waals surface area contributed by atoms with Gasteiger partial charge in [-0.1, -0.05) is 20.8 Å². The van der Waals surface area contributed by atoms with Crippen LogP contribution in [0.4, 0.5) is 0 Å². The smallest absolute Gasteiger partial charge is 0.326 e. The highest BCUT2D eigenvalue weighted by atomic mass is 16.5. The third-order valence-electron chi connectivity index (χ3n) is 6.59. The standard InChI is InChI=1S/C33H61N5O11/c1-24(39)37-26(31(44)45)11-12-27(40)35-14-16-46-18-21-49-23-29(42)36-15-17-47-19-20-48-22-28(41)34-13-9-8-10-25(38-33(5,6)7)30(43)32(2,3)4/h25-26,38H,8-23H2,1-7H3,(H,34,41)(H,35,40)(H,36,42)(H,37,39)(H,44,45)/t25-,26-/m0/s1. The van der Waals surface area contributed by atoms with Crippen molar-refractivity contribution in [2.24, 2.45) is 5.41 Å². The van der Waals surface area contributed by atoms with E-state index in [2.05, 4.69) is 26.6 Å². The summed E-state index contributed by atoms with van der Waals surface area (Å²) in [5.74, 6) is -2.40. The number of hydrogen-bond donors (Lipinski definition) is 6. The fourth-order valence-corrected chi connectivity index (χ4v) is 4.28. The van der Waals surface area contributed by atoms with Gasteiger partial charge in [0.2, 0.25) is 23.6 Å². The average molecular weight is 704 g/mol. The number of aliphatic carboxylic acids is 1. The van der Waals surface area contributed by atoms with Gasteiger partial charge in [-0.15, -0.1) is 0 Å². The van der Waals surface area contributed by atoms with E-state index in [1.165, 1.54) is 6.92 Å². The van der Waals surface area contributed by atoms with Gasteiger partial charge in [0.25, 0.3) is 0 Å². The number of amides is 4. The lowest BCUT2D eigenvalue weighted by atomic mass is 9.84. The lowest BCUT2D eigenvalue weighted by Gasteiger charge is -2.31. The minimum Gasteiger partial charge on any atom is -0.480 e. The summed E-state index contributed by atoms with van der Waals surface area (Å²) < 4.78 is 21.3. The molecule has 0 aliphatic carbocycles. The number of hydrogen-bond acceptors (Lipinski definition) is 11. The normalized spacial score (nSPS) is 12.9. The third-order valence-corrected chi connectivity index (χ3v) is 6.59. The largest absolute Gasteiger partial charge is 0.480 e. The monoisotopic (exact) mass is 703 g/mol. The van der Waals surface area contributed by atoms with Crippen molar-refractivity contribution in [3.63, 3.8) is 0 Å². The Morgan fingerprint density at radius 2 is 1.10 bits per heavy atom. The summed E-state index contributed by atoms with van der Waals surface area (Å²) in [6.07, 6.45) is 2.17. The molecule has 4 amide bonds. The topological polar surface area (TPSA) is 220 Å². The number of unbranched alkanes of at least 4 members (excludes halogenated alkanes) is 1. The minimum absolute atomic E-state index is 0.0263. The van der Waals surface area contributed by atoms with Gasteiger partial charge in [-0.3, -0.25) is 24.0 Å². The molecular weight excluding hydrogens is 642 g/mol. The van der Waals surface area contributed by atoms with Crippen LogP contribution in [-0.4, -0.2) is 131 Å². The zero-order chi connectivity index (χ0) is 37.3. The van der Waals surface area contributed by atoms with E-state index < -0.39 is 23.3 Å². The predicted octanol–water partition coefficient (Wildman–Crippen LogP) is 0.313. The van der Waals surface area contributed by atoms with Crippen LogP contribution in [0, 0.1) is 5.41 Å². The number of carbonyl (C=O) groups is 6. The maximum absolute atomic E-state index is 12.8. The van der Waals surface area contributed by atoms with Gasteiger partial charge < -0.3 is 50.6 Å². The molecule has 0 spiro atoms. The third kappa shape index (κ3) is 27.3. The van der Waals surface area contributed by atoms with Crippen LogP contribution >= 0.6 is 0 Å². The van der Waals surface area contributed by atoms with Gasteiger partial charge in [0.05, 0.1) is 45.7 Å². The van der Waals surface area contributed by atoms with Crippen LogP contribution in [0.3, 0.4) is 0 Å². The fraction of sp³-hybridized carbons (Fsp3) is 0.818. The lowest BCUT2D eigenvalue weighted by molar-refractivity contribution is -0.142. The van der Waals surface area contributed by atoms with Gasteiger partial charge in [-0.25, -0.2) is 4.79 Å². The van der Waals surface area contributed by atoms with E-state index in [0.29, 0.717) is 13.0 Å². The molecule has 0 aromatic carbocycles. The van der Waals surface area contributed by atoms with Gasteiger partial charge in [0, 0.05) is 43.9 Å². The van der Waals surface area contributed by atoms with Crippen molar-refractivity contribution >= 4 is 35.4 Å². The molecule has 16 heteroatoms. The molecule has 6 N–H and O–H groups in total. The molecule has 0 aromatic heterocycles. The minimum atomic E-state index is -1.21. The summed E-state index contributed by atoms with van der Waals surface area (Å²) in [4.78, 5) is 70.5. The molecule has 0 unspecified atom stereocenters. The highest BCUT2D eigenvalue weighted by molar-refractivity contribution is 5.88. The summed E-state index contributed by atoms with van der Waals surface area (Å²) in [7, 11) is 0. The highest BCUT2D eigenvalue weighted by Crippen LogP contribution is 2.21. The van der Waals surface area contributed by atoms with Crippen molar-refractivity contribution in [2.45, 2.75) is 98.2 Å². The Bertz CT molecular complexity index is 1010. The van der Waals surface area contributed by atoms with Crippen molar-refractivity contribution < 1.29 is 52.8 Å². The Labute approximate surface area is 290 Å². The zero-order valence-electron chi connectivity index (χ0n) is 30.5. The first-order valence-corrected chi connectivity index (χ1v) is 16.9. The number of nitrogens with one attached hydrogen (secondary N) is 5.